The number of halogens is 2. The van der Waals surface area contributed by atoms with Crippen LogP contribution in [0.3, 0.4) is 0 Å². The summed E-state index contributed by atoms with van der Waals surface area (Å²) in [7, 11) is 0. The van der Waals surface area contributed by atoms with E-state index >= 15 is 0 Å². The fourth-order valence-corrected chi connectivity index (χ4v) is 1.65. The standard InChI is InChI=1S/C12H14N2O2.2ClH/c13-10-3-1-2-9(11(10)14)8-4-6-12(15,16)7-5-8;;/h1-6,15-16H,7,13-14H2;2*1H. The molecule has 0 bridgehead atoms. The zero-order chi connectivity index (χ0) is 11.8. The van der Waals surface area contributed by atoms with Crippen LogP contribution in [0, 0.1) is 0 Å². The molecule has 0 radical (unpaired) electrons. The van der Waals surface area contributed by atoms with Crippen molar-refractivity contribution in [2.24, 2.45) is 0 Å². The van der Waals surface area contributed by atoms with E-state index in [-0.39, 0.29) is 31.2 Å². The fraction of sp³-hybridized carbons (Fsp3) is 0.167. The maximum Gasteiger partial charge on any atom is 0.186 e. The number of aliphatic hydroxyl groups is 2. The number of nitrogen functional groups attached to an aromatic ring is 2. The lowest BCUT2D eigenvalue weighted by Crippen LogP contribution is -2.25. The molecule has 0 fully saturated rings. The molecule has 6 N–H and O–H groups in total. The average Bonchev–Trinajstić information content (AvgIpc) is 2.23. The quantitative estimate of drug-likeness (QED) is 0.468. The molecule has 0 spiro atoms. The molecule has 18 heavy (non-hydrogen) atoms. The topological polar surface area (TPSA) is 92.5 Å². The number of allylic oxidation sites excluding steroid dienone is 2. The van der Waals surface area contributed by atoms with Gasteiger partial charge in [0.2, 0.25) is 0 Å². The molecule has 0 saturated heterocycles. The lowest BCUT2D eigenvalue weighted by molar-refractivity contribution is -0.114. The molecule has 0 aromatic heterocycles. The van der Waals surface area contributed by atoms with Crippen LogP contribution in [-0.2, 0) is 0 Å². The van der Waals surface area contributed by atoms with Gasteiger partial charge in [0.15, 0.2) is 5.79 Å². The second-order valence-corrected chi connectivity index (χ2v) is 3.88. The minimum Gasteiger partial charge on any atom is -0.397 e. The van der Waals surface area contributed by atoms with Crippen LogP contribution in [0.2, 0.25) is 0 Å². The molecule has 0 amide bonds. The van der Waals surface area contributed by atoms with Crippen molar-refractivity contribution in [2.45, 2.75) is 12.2 Å². The summed E-state index contributed by atoms with van der Waals surface area (Å²) in [5.41, 5.74) is 14.3. The van der Waals surface area contributed by atoms with Crippen LogP contribution in [0.1, 0.15) is 12.0 Å². The Bertz CT molecular complexity index is 485. The van der Waals surface area contributed by atoms with Crippen molar-refractivity contribution in [3.63, 3.8) is 0 Å². The molecule has 1 aliphatic rings. The molecule has 0 aliphatic heterocycles. The van der Waals surface area contributed by atoms with Gasteiger partial charge in [0.05, 0.1) is 11.4 Å². The highest BCUT2D eigenvalue weighted by Crippen LogP contribution is 2.31. The summed E-state index contributed by atoms with van der Waals surface area (Å²) in [5.74, 6) is -1.75. The van der Waals surface area contributed by atoms with Gasteiger partial charge in [-0.05, 0) is 17.7 Å². The normalized spacial score (nSPS) is 16.2. The van der Waals surface area contributed by atoms with Gasteiger partial charge in [-0.25, -0.2) is 0 Å². The molecule has 1 aliphatic carbocycles. The molecule has 2 rings (SSSR count). The smallest absolute Gasteiger partial charge is 0.186 e. The molecule has 1 aromatic carbocycles. The molecule has 0 atom stereocenters. The maximum atomic E-state index is 9.33. The highest BCUT2D eigenvalue weighted by molar-refractivity contribution is 5.86. The Kier molecular flexibility index (Phi) is 5.70. The van der Waals surface area contributed by atoms with E-state index in [2.05, 4.69) is 0 Å². The Balaban J connectivity index is 0.00000144. The Morgan fingerprint density at radius 3 is 2.33 bits per heavy atom. The summed E-state index contributed by atoms with van der Waals surface area (Å²) in [5, 5.41) is 18.7. The van der Waals surface area contributed by atoms with Gasteiger partial charge in [-0.3, -0.25) is 0 Å². The predicted octanol–water partition coefficient (Wildman–Crippen LogP) is 1.72. The van der Waals surface area contributed by atoms with E-state index in [4.69, 9.17) is 11.5 Å². The van der Waals surface area contributed by atoms with E-state index in [9.17, 15) is 10.2 Å². The van der Waals surface area contributed by atoms with E-state index in [1.807, 2.05) is 12.1 Å². The zero-order valence-electron chi connectivity index (χ0n) is 9.54. The van der Waals surface area contributed by atoms with Crippen molar-refractivity contribution in [1.29, 1.82) is 0 Å². The highest BCUT2D eigenvalue weighted by atomic mass is 35.5. The summed E-state index contributed by atoms with van der Waals surface area (Å²) in [6.07, 6.45) is 4.85. The van der Waals surface area contributed by atoms with Gasteiger partial charge in [-0.15, -0.1) is 24.8 Å². The number of nitrogens with two attached hydrogens (primary N) is 2. The Morgan fingerprint density at radius 2 is 1.78 bits per heavy atom. The van der Waals surface area contributed by atoms with Crippen LogP contribution < -0.4 is 11.5 Å². The number of benzene rings is 1. The second-order valence-electron chi connectivity index (χ2n) is 3.88. The summed E-state index contributed by atoms with van der Waals surface area (Å²) >= 11 is 0. The monoisotopic (exact) mass is 290 g/mol. The van der Waals surface area contributed by atoms with Crippen LogP contribution in [0.15, 0.2) is 36.4 Å². The van der Waals surface area contributed by atoms with Crippen LogP contribution in [0.5, 0.6) is 0 Å². The first kappa shape index (κ1) is 16.8. The lowest BCUT2D eigenvalue weighted by atomic mass is 9.95. The third kappa shape index (κ3) is 3.40. The second kappa shape index (κ2) is 6.11. The summed E-state index contributed by atoms with van der Waals surface area (Å²) in [6.45, 7) is 0. The van der Waals surface area contributed by atoms with Crippen molar-refractivity contribution in [2.75, 3.05) is 11.5 Å². The minimum absolute atomic E-state index is 0. The van der Waals surface area contributed by atoms with Crippen LogP contribution in [0.25, 0.3) is 5.57 Å². The van der Waals surface area contributed by atoms with Gasteiger partial charge < -0.3 is 21.7 Å². The summed E-state index contributed by atoms with van der Waals surface area (Å²) < 4.78 is 0. The van der Waals surface area contributed by atoms with E-state index in [0.717, 1.165) is 11.1 Å². The average molecular weight is 291 g/mol. The van der Waals surface area contributed by atoms with E-state index in [1.165, 1.54) is 6.08 Å². The van der Waals surface area contributed by atoms with Gasteiger partial charge in [0.1, 0.15) is 0 Å². The van der Waals surface area contributed by atoms with Gasteiger partial charge >= 0.3 is 0 Å². The highest BCUT2D eigenvalue weighted by Gasteiger charge is 2.21. The minimum atomic E-state index is -1.75. The summed E-state index contributed by atoms with van der Waals surface area (Å²) in [6, 6.07) is 5.40. The lowest BCUT2D eigenvalue weighted by Gasteiger charge is -2.20. The van der Waals surface area contributed by atoms with E-state index < -0.39 is 5.79 Å². The van der Waals surface area contributed by atoms with Gasteiger partial charge in [-0.1, -0.05) is 24.3 Å². The van der Waals surface area contributed by atoms with Gasteiger partial charge in [0.25, 0.3) is 0 Å². The molecular formula is C12H16Cl2N2O2. The molecule has 0 unspecified atom stereocenters. The molecule has 0 heterocycles. The van der Waals surface area contributed by atoms with Crippen molar-refractivity contribution >= 4 is 41.8 Å². The van der Waals surface area contributed by atoms with Crippen molar-refractivity contribution in [3.05, 3.63) is 42.0 Å². The maximum absolute atomic E-state index is 9.33. The number of anilines is 2. The molecule has 100 valence electrons. The number of hydrogen-bond acceptors (Lipinski definition) is 4. The Morgan fingerprint density at radius 1 is 1.11 bits per heavy atom. The first-order chi connectivity index (χ1) is 7.49. The summed E-state index contributed by atoms with van der Waals surface area (Å²) in [4.78, 5) is 0. The van der Waals surface area contributed by atoms with E-state index in [1.54, 1.807) is 18.2 Å². The molecular weight excluding hydrogens is 275 g/mol. The van der Waals surface area contributed by atoms with Crippen LogP contribution in [0.4, 0.5) is 11.4 Å². The zero-order valence-corrected chi connectivity index (χ0v) is 11.2. The van der Waals surface area contributed by atoms with Gasteiger partial charge in [-0.2, -0.15) is 0 Å². The van der Waals surface area contributed by atoms with Crippen molar-refractivity contribution < 1.29 is 10.2 Å². The largest absolute Gasteiger partial charge is 0.397 e. The predicted molar refractivity (Wildman–Crippen MR) is 78.7 cm³/mol. The number of rotatable bonds is 1. The third-order valence-corrected chi connectivity index (χ3v) is 2.60. The van der Waals surface area contributed by atoms with Gasteiger partial charge in [0, 0.05) is 12.0 Å². The van der Waals surface area contributed by atoms with Crippen molar-refractivity contribution in [1.82, 2.24) is 0 Å². The van der Waals surface area contributed by atoms with Crippen LogP contribution >= 0.6 is 24.8 Å². The van der Waals surface area contributed by atoms with Crippen molar-refractivity contribution in [3.8, 4) is 0 Å². The fourth-order valence-electron chi connectivity index (χ4n) is 1.65. The SMILES string of the molecule is Cl.Cl.Nc1cccc(C2=CCC(O)(O)C=C2)c1N. The Labute approximate surface area is 118 Å². The first-order valence-corrected chi connectivity index (χ1v) is 4.98. The number of para-hydroxylation sites is 1. The van der Waals surface area contributed by atoms with Crippen LogP contribution in [-0.4, -0.2) is 16.0 Å². The molecule has 0 saturated carbocycles. The first-order valence-electron chi connectivity index (χ1n) is 4.98. The van der Waals surface area contributed by atoms with E-state index in [0.29, 0.717) is 11.4 Å². The molecule has 4 nitrogen and oxygen atoms in total. The number of hydrogen-bond donors (Lipinski definition) is 4. The Hall–Kier alpha value is -1.20. The third-order valence-electron chi connectivity index (χ3n) is 2.60. The molecule has 6 heteroatoms. The molecule has 1 aromatic rings.